The number of carbonyl (C=O) groups excluding carboxylic acids is 1. The number of nitrogens with zero attached hydrogens (tertiary/aromatic N) is 3. The Bertz CT molecular complexity index is 1310. The molecule has 150 valence electrons. The van der Waals surface area contributed by atoms with Crippen LogP contribution in [0.1, 0.15) is 45.1 Å². The van der Waals surface area contributed by atoms with E-state index in [1.54, 1.807) is 23.0 Å². The van der Waals surface area contributed by atoms with Gasteiger partial charge in [0, 0.05) is 6.42 Å². The number of hydrogen-bond acceptors (Lipinski definition) is 4. The fraction of sp³-hybridized carbons (Fsp3) is 0.208. The Balaban J connectivity index is 1.64. The fourth-order valence-corrected chi connectivity index (χ4v) is 4.22. The van der Waals surface area contributed by atoms with Crippen molar-refractivity contribution >= 4 is 22.5 Å². The van der Waals surface area contributed by atoms with Gasteiger partial charge in [0.05, 0.1) is 34.2 Å². The molecule has 0 aliphatic heterocycles. The van der Waals surface area contributed by atoms with Gasteiger partial charge in [-0.25, -0.2) is 14.1 Å². The van der Waals surface area contributed by atoms with Crippen LogP contribution in [0.4, 0.5) is 10.1 Å². The lowest BCUT2D eigenvalue weighted by Gasteiger charge is -2.24. The first-order chi connectivity index (χ1) is 14.4. The van der Waals surface area contributed by atoms with E-state index in [2.05, 4.69) is 25.0 Å². The number of aromatic nitrogens is 3. The zero-order valence-electron chi connectivity index (χ0n) is 16.8. The van der Waals surface area contributed by atoms with Crippen molar-refractivity contribution in [2.75, 3.05) is 5.73 Å². The molecule has 4 aromatic rings. The van der Waals surface area contributed by atoms with E-state index in [1.807, 2.05) is 12.1 Å². The van der Waals surface area contributed by atoms with Crippen molar-refractivity contribution in [1.82, 2.24) is 14.8 Å². The summed E-state index contributed by atoms with van der Waals surface area (Å²) in [6, 6.07) is 12.4. The second-order valence-corrected chi connectivity index (χ2v) is 7.99. The van der Waals surface area contributed by atoms with Gasteiger partial charge in [-0.05, 0) is 67.1 Å². The Kier molecular flexibility index (Phi) is 4.17. The summed E-state index contributed by atoms with van der Waals surface area (Å²) in [6.45, 7) is 4.12. The number of anilines is 1. The lowest BCUT2D eigenvalue weighted by Crippen LogP contribution is -2.22. The second-order valence-electron chi connectivity index (χ2n) is 7.99. The summed E-state index contributed by atoms with van der Waals surface area (Å²) in [6.07, 6.45) is 2.58. The van der Waals surface area contributed by atoms with Crippen molar-refractivity contribution in [2.45, 2.75) is 32.6 Å². The maximum absolute atomic E-state index is 13.3. The van der Waals surface area contributed by atoms with Gasteiger partial charge in [0.2, 0.25) is 0 Å². The zero-order chi connectivity index (χ0) is 21.0. The zero-order valence-corrected chi connectivity index (χ0v) is 16.8. The van der Waals surface area contributed by atoms with Gasteiger partial charge >= 0.3 is 0 Å². The number of carbonyl (C=O) groups is 1. The molecule has 0 radical (unpaired) electrons. The quantitative estimate of drug-likeness (QED) is 0.531. The van der Waals surface area contributed by atoms with E-state index in [0.717, 1.165) is 16.8 Å². The third-order valence-corrected chi connectivity index (χ3v) is 6.06. The lowest BCUT2D eigenvalue weighted by atomic mass is 9.81. The molecule has 0 amide bonds. The van der Waals surface area contributed by atoms with Crippen molar-refractivity contribution in [3.63, 3.8) is 0 Å². The number of rotatable bonds is 2. The van der Waals surface area contributed by atoms with Crippen LogP contribution in [0.25, 0.3) is 16.7 Å². The van der Waals surface area contributed by atoms with E-state index in [0.29, 0.717) is 40.8 Å². The molecule has 1 aliphatic carbocycles. The Morgan fingerprint density at radius 3 is 2.57 bits per heavy atom. The van der Waals surface area contributed by atoms with E-state index >= 15 is 0 Å². The normalized spacial score (nSPS) is 16.1. The number of nitrogens with two attached hydrogens (primary N) is 1. The Labute approximate surface area is 173 Å². The first kappa shape index (κ1) is 18.5. The van der Waals surface area contributed by atoms with Gasteiger partial charge in [0.1, 0.15) is 5.82 Å². The molecule has 1 atom stereocenters. The van der Waals surface area contributed by atoms with Crippen LogP contribution in [-0.2, 0) is 6.42 Å². The number of fused-ring (bicyclic) bond motifs is 2. The Morgan fingerprint density at radius 1 is 1.07 bits per heavy atom. The third-order valence-electron chi connectivity index (χ3n) is 6.06. The van der Waals surface area contributed by atoms with Gasteiger partial charge in [-0.15, -0.1) is 0 Å². The maximum atomic E-state index is 13.3. The van der Waals surface area contributed by atoms with E-state index in [1.165, 1.54) is 17.7 Å². The highest BCUT2D eigenvalue weighted by Crippen LogP contribution is 2.37. The molecule has 2 aromatic heterocycles. The molecule has 5 rings (SSSR count). The predicted molar refractivity (Wildman–Crippen MR) is 115 cm³/mol. The second kappa shape index (κ2) is 6.76. The Hall–Kier alpha value is -3.54. The number of aryl methyl sites for hydroxylation is 2. The molecule has 0 saturated carbocycles. The van der Waals surface area contributed by atoms with Crippen molar-refractivity contribution < 1.29 is 9.18 Å². The Morgan fingerprint density at radius 2 is 1.83 bits per heavy atom. The molecule has 1 aliphatic rings. The first-order valence-corrected chi connectivity index (χ1v) is 9.94. The monoisotopic (exact) mass is 400 g/mol. The van der Waals surface area contributed by atoms with Crippen LogP contribution >= 0.6 is 0 Å². The largest absolute Gasteiger partial charge is 0.397 e. The number of hydrogen-bond donors (Lipinski definition) is 1. The predicted octanol–water partition coefficient (Wildman–Crippen LogP) is 4.67. The van der Waals surface area contributed by atoms with Gasteiger partial charge in [-0.2, -0.15) is 5.10 Å². The van der Waals surface area contributed by atoms with E-state index in [9.17, 15) is 9.18 Å². The smallest absolute Gasteiger partial charge is 0.167 e. The molecule has 0 spiro atoms. The summed E-state index contributed by atoms with van der Waals surface area (Å²) in [4.78, 5) is 17.8. The van der Waals surface area contributed by atoms with Crippen LogP contribution < -0.4 is 5.73 Å². The molecule has 5 nitrogen and oxygen atoms in total. The number of halogens is 1. The molecule has 30 heavy (non-hydrogen) atoms. The molecular weight excluding hydrogens is 379 g/mol. The minimum Gasteiger partial charge on any atom is -0.397 e. The number of nitrogen functional groups attached to an aromatic ring is 1. The summed E-state index contributed by atoms with van der Waals surface area (Å²) in [5.41, 5.74) is 12.9. The molecule has 6 heteroatoms. The van der Waals surface area contributed by atoms with E-state index in [4.69, 9.17) is 10.7 Å². The molecule has 0 saturated heterocycles. The highest BCUT2D eigenvalue weighted by molar-refractivity contribution is 6.09. The van der Waals surface area contributed by atoms with Gasteiger partial charge in [0.15, 0.2) is 11.4 Å². The number of ketones is 1. The molecule has 2 heterocycles. The number of benzene rings is 2. The first-order valence-electron chi connectivity index (χ1n) is 9.94. The van der Waals surface area contributed by atoms with Gasteiger partial charge in [0.25, 0.3) is 0 Å². The van der Waals surface area contributed by atoms with Gasteiger partial charge in [-0.1, -0.05) is 18.2 Å². The van der Waals surface area contributed by atoms with Crippen molar-refractivity contribution in [3.05, 3.63) is 82.4 Å². The molecule has 0 fully saturated rings. The van der Waals surface area contributed by atoms with Crippen LogP contribution in [-0.4, -0.2) is 20.5 Å². The van der Waals surface area contributed by atoms with E-state index in [-0.39, 0.29) is 17.5 Å². The summed E-state index contributed by atoms with van der Waals surface area (Å²) < 4.78 is 15.1. The van der Waals surface area contributed by atoms with Crippen LogP contribution in [0.3, 0.4) is 0 Å². The van der Waals surface area contributed by atoms with Gasteiger partial charge < -0.3 is 5.73 Å². The van der Waals surface area contributed by atoms with Crippen molar-refractivity contribution in [3.8, 4) is 5.69 Å². The van der Waals surface area contributed by atoms with Crippen LogP contribution in [0, 0.1) is 19.7 Å². The lowest BCUT2D eigenvalue weighted by molar-refractivity contribution is 0.0964. The fourth-order valence-electron chi connectivity index (χ4n) is 4.22. The van der Waals surface area contributed by atoms with E-state index < -0.39 is 0 Å². The minimum atomic E-state index is -0.289. The highest BCUT2D eigenvalue weighted by atomic mass is 19.1. The molecule has 1 unspecified atom stereocenters. The molecule has 0 bridgehead atoms. The summed E-state index contributed by atoms with van der Waals surface area (Å²) >= 11 is 0. The number of Topliss-reactive ketones (excluding diaryl/α,β-unsaturated/α-hetero) is 1. The van der Waals surface area contributed by atoms with Crippen molar-refractivity contribution in [1.29, 1.82) is 0 Å². The average molecular weight is 400 g/mol. The maximum Gasteiger partial charge on any atom is 0.167 e. The van der Waals surface area contributed by atoms with Crippen molar-refractivity contribution in [2.24, 2.45) is 0 Å². The summed E-state index contributed by atoms with van der Waals surface area (Å²) in [7, 11) is 0. The highest BCUT2D eigenvalue weighted by Gasteiger charge is 2.31. The number of pyridine rings is 1. The molecular formula is C24H21FN4O. The molecule has 2 aromatic carbocycles. The summed E-state index contributed by atoms with van der Waals surface area (Å²) in [5.74, 6) is -0.369. The third kappa shape index (κ3) is 2.87. The SMILES string of the molecule is Cc1ccc(-n2ncc3c(N)c4c(nc32)CC(c2ccc(F)cc2)CC4=O)cc1C. The average Bonchev–Trinajstić information content (AvgIpc) is 3.14. The van der Waals surface area contributed by atoms with Crippen LogP contribution in [0.2, 0.25) is 0 Å². The summed E-state index contributed by atoms with van der Waals surface area (Å²) in [5, 5.41) is 5.18. The van der Waals surface area contributed by atoms with Crippen LogP contribution in [0.5, 0.6) is 0 Å². The standard InChI is InChI=1S/C24H21FN4O/c1-13-3-8-18(9-14(13)2)29-24-19(12-27-29)23(26)22-20(28-24)10-16(11-21(22)30)15-4-6-17(25)7-5-15/h3-9,12,16H,10-11H2,1-2H3,(H2,26,28). The van der Waals surface area contributed by atoms with Gasteiger partial charge in [-0.3, -0.25) is 4.79 Å². The topological polar surface area (TPSA) is 73.8 Å². The van der Waals surface area contributed by atoms with Crippen LogP contribution in [0.15, 0.2) is 48.7 Å². The minimum absolute atomic E-state index is 0.0311. The molecule has 2 N–H and O–H groups in total.